The largest absolute Gasteiger partial charge is 0.392 e. The fraction of sp³-hybridized carbons (Fsp3) is 0.650. The molecule has 24 heavy (non-hydrogen) atoms. The lowest BCUT2D eigenvalue weighted by molar-refractivity contribution is 0.203. The van der Waals surface area contributed by atoms with Crippen molar-refractivity contribution in [2.75, 3.05) is 19.6 Å². The van der Waals surface area contributed by atoms with Gasteiger partial charge in [0.15, 0.2) is 5.96 Å². The topological polar surface area (TPSA) is 47.9 Å². The highest BCUT2D eigenvalue weighted by atomic mass is 16.3. The number of hydrogen-bond donors (Lipinski definition) is 2. The Kier molecular flexibility index (Phi) is 5.77. The van der Waals surface area contributed by atoms with Crippen molar-refractivity contribution in [2.45, 2.75) is 58.6 Å². The Bertz CT molecular complexity index is 564. The van der Waals surface area contributed by atoms with Crippen molar-refractivity contribution >= 4 is 5.96 Å². The fourth-order valence-corrected chi connectivity index (χ4v) is 4.28. The van der Waals surface area contributed by atoms with Gasteiger partial charge < -0.3 is 15.3 Å². The number of likely N-dealkylation sites (tertiary alicyclic amines) is 1. The fourth-order valence-electron chi connectivity index (χ4n) is 4.28. The van der Waals surface area contributed by atoms with Crippen LogP contribution in [0.25, 0.3) is 0 Å². The Balaban J connectivity index is 1.70. The van der Waals surface area contributed by atoms with Gasteiger partial charge in [0, 0.05) is 19.6 Å². The second-order valence-corrected chi connectivity index (χ2v) is 7.33. The average Bonchev–Trinajstić information content (AvgIpc) is 3.02. The van der Waals surface area contributed by atoms with Crippen LogP contribution in [-0.2, 0) is 13.2 Å². The first-order chi connectivity index (χ1) is 11.8. The first-order valence-corrected chi connectivity index (χ1v) is 9.47. The summed E-state index contributed by atoms with van der Waals surface area (Å²) in [5, 5.41) is 13.0. The van der Waals surface area contributed by atoms with Crippen molar-refractivity contribution < 1.29 is 5.11 Å². The number of aliphatic hydroxyl groups is 1. The summed E-state index contributed by atoms with van der Waals surface area (Å²) in [5.41, 5.74) is 2.63. The zero-order valence-corrected chi connectivity index (χ0v) is 14.9. The van der Waals surface area contributed by atoms with E-state index in [1.807, 2.05) is 18.2 Å². The van der Waals surface area contributed by atoms with Crippen LogP contribution in [-0.4, -0.2) is 35.6 Å². The number of benzene rings is 1. The van der Waals surface area contributed by atoms with E-state index in [0.717, 1.165) is 36.7 Å². The summed E-state index contributed by atoms with van der Waals surface area (Å²) in [4.78, 5) is 7.33. The molecule has 2 N–H and O–H groups in total. The van der Waals surface area contributed by atoms with E-state index in [-0.39, 0.29) is 6.61 Å². The number of nitrogens with one attached hydrogen (secondary N) is 1. The summed E-state index contributed by atoms with van der Waals surface area (Å²) in [7, 11) is 0. The maximum Gasteiger partial charge on any atom is 0.194 e. The molecule has 0 aromatic heterocycles. The van der Waals surface area contributed by atoms with Crippen molar-refractivity contribution in [2.24, 2.45) is 10.4 Å². The second-order valence-electron chi connectivity index (χ2n) is 7.33. The molecule has 0 radical (unpaired) electrons. The van der Waals surface area contributed by atoms with Gasteiger partial charge in [-0.1, -0.05) is 43.5 Å². The Labute approximate surface area is 146 Å². The third-order valence-electron chi connectivity index (χ3n) is 5.67. The van der Waals surface area contributed by atoms with E-state index in [1.165, 1.54) is 38.5 Å². The zero-order chi connectivity index (χ0) is 16.8. The van der Waals surface area contributed by atoms with Gasteiger partial charge in [-0.25, -0.2) is 4.99 Å². The molecule has 2 fully saturated rings. The molecule has 4 nitrogen and oxygen atoms in total. The van der Waals surface area contributed by atoms with Crippen LogP contribution in [0.5, 0.6) is 0 Å². The maximum absolute atomic E-state index is 9.49. The molecule has 1 saturated carbocycles. The van der Waals surface area contributed by atoms with Gasteiger partial charge in [-0.05, 0) is 42.7 Å². The number of rotatable bonds is 4. The molecule has 1 aliphatic heterocycles. The number of nitrogens with zero attached hydrogens (tertiary/aromatic N) is 2. The number of hydrogen-bond acceptors (Lipinski definition) is 2. The number of aliphatic hydroxyl groups excluding tert-OH is 1. The lowest BCUT2D eigenvalue weighted by Gasteiger charge is -2.33. The van der Waals surface area contributed by atoms with Gasteiger partial charge in [0.1, 0.15) is 0 Å². The van der Waals surface area contributed by atoms with E-state index in [9.17, 15) is 5.11 Å². The van der Waals surface area contributed by atoms with E-state index in [1.54, 1.807) is 0 Å². The summed E-state index contributed by atoms with van der Waals surface area (Å²) in [6, 6.07) is 8.02. The lowest BCUT2D eigenvalue weighted by Crippen LogP contribution is -2.41. The van der Waals surface area contributed by atoms with Gasteiger partial charge in [-0.15, -0.1) is 0 Å². The molecule has 1 aliphatic carbocycles. The molecule has 0 amide bonds. The third kappa shape index (κ3) is 3.92. The molecule has 132 valence electrons. The van der Waals surface area contributed by atoms with Gasteiger partial charge >= 0.3 is 0 Å². The van der Waals surface area contributed by atoms with Crippen LogP contribution in [0.3, 0.4) is 0 Å². The molecular formula is C20H31N3O. The average molecular weight is 329 g/mol. The highest BCUT2D eigenvalue weighted by molar-refractivity contribution is 5.80. The van der Waals surface area contributed by atoms with Crippen molar-refractivity contribution in [3.63, 3.8) is 0 Å². The molecular weight excluding hydrogens is 298 g/mol. The van der Waals surface area contributed by atoms with Crippen LogP contribution in [0.4, 0.5) is 0 Å². The third-order valence-corrected chi connectivity index (χ3v) is 5.67. The van der Waals surface area contributed by atoms with Crippen LogP contribution in [0.2, 0.25) is 0 Å². The summed E-state index contributed by atoms with van der Waals surface area (Å²) in [6.07, 6.45) is 8.28. The van der Waals surface area contributed by atoms with Gasteiger partial charge in [-0.3, -0.25) is 0 Å². The van der Waals surface area contributed by atoms with Crippen LogP contribution >= 0.6 is 0 Å². The number of guanidine groups is 1. The molecule has 1 spiro atoms. The quantitative estimate of drug-likeness (QED) is 0.658. The lowest BCUT2D eigenvalue weighted by atomic mass is 9.73. The Morgan fingerprint density at radius 2 is 1.92 bits per heavy atom. The minimum absolute atomic E-state index is 0.0784. The monoisotopic (exact) mass is 329 g/mol. The van der Waals surface area contributed by atoms with Crippen molar-refractivity contribution in [3.05, 3.63) is 35.4 Å². The molecule has 1 aromatic carbocycles. The van der Waals surface area contributed by atoms with Gasteiger partial charge in [0.05, 0.1) is 13.2 Å². The first-order valence-electron chi connectivity index (χ1n) is 9.47. The molecule has 1 aromatic rings. The van der Waals surface area contributed by atoms with E-state index in [0.29, 0.717) is 12.0 Å². The smallest absolute Gasteiger partial charge is 0.194 e. The normalized spacial score (nSPS) is 20.6. The van der Waals surface area contributed by atoms with E-state index < -0.39 is 0 Å². The van der Waals surface area contributed by atoms with E-state index in [2.05, 4.69) is 23.2 Å². The van der Waals surface area contributed by atoms with Crippen molar-refractivity contribution in [3.8, 4) is 0 Å². The summed E-state index contributed by atoms with van der Waals surface area (Å²) in [5.74, 6) is 1.03. The zero-order valence-electron chi connectivity index (χ0n) is 14.9. The summed E-state index contributed by atoms with van der Waals surface area (Å²) < 4.78 is 0. The minimum Gasteiger partial charge on any atom is -0.392 e. The van der Waals surface area contributed by atoms with Crippen molar-refractivity contribution in [1.82, 2.24) is 10.2 Å². The summed E-state index contributed by atoms with van der Waals surface area (Å²) >= 11 is 0. The highest BCUT2D eigenvalue weighted by Gasteiger charge is 2.39. The van der Waals surface area contributed by atoms with Crippen molar-refractivity contribution in [1.29, 1.82) is 0 Å². The Morgan fingerprint density at radius 3 is 2.62 bits per heavy atom. The molecule has 4 heteroatoms. The second kappa shape index (κ2) is 8.02. The molecule has 0 unspecified atom stereocenters. The molecule has 3 rings (SSSR count). The van der Waals surface area contributed by atoms with Crippen LogP contribution in [0.1, 0.15) is 56.6 Å². The van der Waals surface area contributed by atoms with Gasteiger partial charge in [0.25, 0.3) is 0 Å². The SMILES string of the molecule is CCNC(=NCc1ccccc1CO)N1CCC2(CCCCC2)C1. The van der Waals surface area contributed by atoms with Gasteiger partial charge in [0.2, 0.25) is 0 Å². The van der Waals surface area contributed by atoms with Crippen LogP contribution in [0.15, 0.2) is 29.3 Å². The minimum atomic E-state index is 0.0784. The maximum atomic E-state index is 9.49. The highest BCUT2D eigenvalue weighted by Crippen LogP contribution is 2.43. The molecule has 2 aliphatic rings. The predicted octanol–water partition coefficient (Wildman–Crippen LogP) is 3.30. The Hall–Kier alpha value is -1.55. The molecule has 1 heterocycles. The van der Waals surface area contributed by atoms with E-state index >= 15 is 0 Å². The summed E-state index contributed by atoms with van der Waals surface area (Å²) in [6.45, 7) is 6.00. The van der Waals surface area contributed by atoms with Crippen LogP contribution in [0, 0.1) is 5.41 Å². The molecule has 1 saturated heterocycles. The van der Waals surface area contributed by atoms with E-state index in [4.69, 9.17) is 4.99 Å². The first kappa shape index (κ1) is 17.3. The van der Waals surface area contributed by atoms with Crippen LogP contribution < -0.4 is 5.32 Å². The number of aliphatic imine (C=N–C) groups is 1. The standard InChI is InChI=1S/C20H31N3O/c1-2-21-19(22-14-17-8-4-5-9-18(17)15-24)23-13-12-20(16-23)10-6-3-7-11-20/h4-5,8-9,24H,2-3,6-7,10-16H2,1H3,(H,21,22). The Morgan fingerprint density at radius 1 is 1.17 bits per heavy atom. The van der Waals surface area contributed by atoms with Gasteiger partial charge in [-0.2, -0.15) is 0 Å². The predicted molar refractivity (Wildman–Crippen MR) is 98.9 cm³/mol. The molecule has 0 bridgehead atoms. The molecule has 0 atom stereocenters.